The summed E-state index contributed by atoms with van der Waals surface area (Å²) in [6, 6.07) is 6.11. The lowest BCUT2D eigenvalue weighted by atomic mass is 9.92. The van der Waals surface area contributed by atoms with Crippen molar-refractivity contribution in [1.29, 1.82) is 5.26 Å². The Morgan fingerprint density at radius 3 is 2.21 bits per heavy atom. The maximum absolute atomic E-state index is 14.6. The van der Waals surface area contributed by atoms with Crippen molar-refractivity contribution in [3.63, 3.8) is 0 Å². The summed E-state index contributed by atoms with van der Waals surface area (Å²) >= 11 is 2.75. The summed E-state index contributed by atoms with van der Waals surface area (Å²) in [4.78, 5) is 12.5. The van der Waals surface area contributed by atoms with E-state index in [0.29, 0.717) is 6.07 Å². The van der Waals surface area contributed by atoms with Crippen LogP contribution in [0.3, 0.4) is 0 Å². The number of halogens is 9. The predicted octanol–water partition coefficient (Wildman–Crippen LogP) is 6.76. The van der Waals surface area contributed by atoms with Crippen LogP contribution in [0.4, 0.5) is 46.5 Å². The average molecular weight is 544 g/mol. The highest BCUT2D eigenvalue weighted by atomic mass is 79.9. The molecule has 13 heteroatoms. The number of hydrogen-bond acceptors (Lipinski definition) is 3. The second kappa shape index (κ2) is 9.54. The summed E-state index contributed by atoms with van der Waals surface area (Å²) in [6.45, 7) is 1.14. The molecule has 0 bridgehead atoms. The molecular formula is C20H14BrF8N3O. The number of alkyl halides is 7. The fourth-order valence-electron chi connectivity index (χ4n) is 2.87. The smallest absolute Gasteiger partial charge is 0.382 e. The maximum atomic E-state index is 14.6. The number of carbonyl (C=O) groups excluding carboxylic acids is 1. The van der Waals surface area contributed by atoms with Crippen LogP contribution < -0.4 is 10.6 Å². The third kappa shape index (κ3) is 5.21. The summed E-state index contributed by atoms with van der Waals surface area (Å²) in [7, 11) is 0. The second-order valence-electron chi connectivity index (χ2n) is 6.76. The van der Waals surface area contributed by atoms with E-state index in [0.717, 1.165) is 13.0 Å². The highest BCUT2D eigenvalue weighted by molar-refractivity contribution is 9.10. The van der Waals surface area contributed by atoms with Crippen LogP contribution in [-0.4, -0.2) is 24.8 Å². The first-order valence-corrected chi connectivity index (χ1v) is 9.78. The molecule has 2 aromatic rings. The van der Waals surface area contributed by atoms with E-state index in [4.69, 9.17) is 5.26 Å². The molecule has 0 aliphatic carbocycles. The summed E-state index contributed by atoms with van der Waals surface area (Å²) in [5.41, 5.74) is -8.59. The second-order valence-corrected chi connectivity index (χ2v) is 7.61. The molecule has 2 aromatic carbocycles. The van der Waals surface area contributed by atoms with Crippen molar-refractivity contribution in [3.05, 3.63) is 57.3 Å². The molecule has 1 amide bonds. The van der Waals surface area contributed by atoms with E-state index in [1.54, 1.807) is 0 Å². The molecular weight excluding hydrogens is 530 g/mol. The lowest BCUT2D eigenvalue weighted by Gasteiger charge is -2.31. The number of nitriles is 1. The van der Waals surface area contributed by atoms with Crippen LogP contribution in [0.5, 0.6) is 0 Å². The van der Waals surface area contributed by atoms with Gasteiger partial charge in [0.1, 0.15) is 0 Å². The SMILES string of the molecule is Cc1cc(C(F)(C(F)(F)F)C(F)(F)F)cc(Br)c1NC(=O)c1cccc(NCCC#N)c1F. The van der Waals surface area contributed by atoms with E-state index in [2.05, 4.69) is 26.6 Å². The first kappa shape index (κ1) is 26.4. The first-order chi connectivity index (χ1) is 15.1. The summed E-state index contributed by atoms with van der Waals surface area (Å²) in [6.07, 6.45) is -12.5. The number of nitrogens with zero attached hydrogens (tertiary/aromatic N) is 1. The molecule has 0 aliphatic heterocycles. The van der Waals surface area contributed by atoms with E-state index >= 15 is 0 Å². The van der Waals surface area contributed by atoms with Crippen molar-refractivity contribution >= 4 is 33.2 Å². The van der Waals surface area contributed by atoms with Gasteiger partial charge in [-0.15, -0.1) is 0 Å². The van der Waals surface area contributed by atoms with Gasteiger partial charge in [0, 0.05) is 16.6 Å². The minimum atomic E-state index is -6.30. The zero-order valence-corrected chi connectivity index (χ0v) is 18.1. The van der Waals surface area contributed by atoms with Gasteiger partial charge in [-0.05, 0) is 46.6 Å². The van der Waals surface area contributed by atoms with Crippen LogP contribution in [-0.2, 0) is 5.67 Å². The van der Waals surface area contributed by atoms with Crippen LogP contribution in [0.15, 0.2) is 34.8 Å². The number of anilines is 2. The van der Waals surface area contributed by atoms with Gasteiger partial charge in [-0.25, -0.2) is 8.78 Å². The Kier molecular flexibility index (Phi) is 7.63. The molecule has 0 aliphatic rings. The Labute approximate surface area is 190 Å². The van der Waals surface area contributed by atoms with Gasteiger partial charge in [-0.3, -0.25) is 4.79 Å². The molecule has 0 spiro atoms. The predicted molar refractivity (Wildman–Crippen MR) is 107 cm³/mol. The number of rotatable bonds is 6. The molecule has 0 heterocycles. The largest absolute Gasteiger partial charge is 0.435 e. The number of carbonyl (C=O) groups is 1. The molecule has 178 valence electrons. The molecule has 4 nitrogen and oxygen atoms in total. The fourth-order valence-corrected chi connectivity index (χ4v) is 3.53. The molecule has 0 unspecified atom stereocenters. The average Bonchev–Trinajstić information content (AvgIpc) is 2.69. The molecule has 33 heavy (non-hydrogen) atoms. The van der Waals surface area contributed by atoms with Gasteiger partial charge in [-0.1, -0.05) is 12.1 Å². The number of amides is 1. The minimum Gasteiger partial charge on any atom is -0.382 e. The lowest BCUT2D eigenvalue weighted by molar-refractivity contribution is -0.348. The van der Waals surface area contributed by atoms with E-state index in [-0.39, 0.29) is 36.0 Å². The Bertz CT molecular complexity index is 1060. The molecule has 0 saturated heterocycles. The monoisotopic (exact) mass is 543 g/mol. The van der Waals surface area contributed by atoms with Crippen LogP contribution in [0.2, 0.25) is 0 Å². The Balaban J connectivity index is 2.43. The summed E-state index contributed by atoms with van der Waals surface area (Å²) in [5, 5.41) is 13.3. The normalized spacial score (nSPS) is 12.3. The molecule has 2 rings (SSSR count). The van der Waals surface area contributed by atoms with E-state index < -0.39 is 45.3 Å². The van der Waals surface area contributed by atoms with Crippen molar-refractivity contribution in [3.8, 4) is 6.07 Å². The van der Waals surface area contributed by atoms with Crippen molar-refractivity contribution in [2.24, 2.45) is 0 Å². The lowest BCUT2D eigenvalue weighted by Crippen LogP contribution is -2.50. The summed E-state index contributed by atoms with van der Waals surface area (Å²) < 4.78 is 107. The van der Waals surface area contributed by atoms with E-state index in [1.807, 2.05) is 6.07 Å². The molecule has 2 N–H and O–H groups in total. The van der Waals surface area contributed by atoms with Gasteiger partial charge in [-0.2, -0.15) is 31.6 Å². The molecule has 0 fully saturated rings. The minimum absolute atomic E-state index is 0.0558. The number of benzene rings is 2. The third-order valence-corrected chi connectivity index (χ3v) is 5.13. The zero-order chi connectivity index (χ0) is 25.2. The Morgan fingerprint density at radius 2 is 1.70 bits per heavy atom. The van der Waals surface area contributed by atoms with Crippen molar-refractivity contribution in [2.45, 2.75) is 31.4 Å². The van der Waals surface area contributed by atoms with Gasteiger partial charge in [0.2, 0.25) is 0 Å². The van der Waals surface area contributed by atoms with Gasteiger partial charge < -0.3 is 10.6 Å². The van der Waals surface area contributed by atoms with Crippen LogP contribution in [0.1, 0.15) is 27.9 Å². The molecule has 0 atom stereocenters. The number of nitrogens with one attached hydrogen (secondary N) is 2. The number of hydrogen-bond donors (Lipinski definition) is 2. The van der Waals surface area contributed by atoms with Gasteiger partial charge in [0.15, 0.2) is 5.82 Å². The van der Waals surface area contributed by atoms with Crippen molar-refractivity contribution < 1.29 is 39.9 Å². The standard InChI is InChI=1S/C20H14BrF8N3O/c1-10-8-11(18(23,19(24,25)26)20(27,28)29)9-13(21)16(10)32-17(33)12-4-2-5-14(15(12)22)31-7-3-6-30/h2,4-5,8-9,31H,3,7H2,1H3,(H,32,33). The Morgan fingerprint density at radius 1 is 1.09 bits per heavy atom. The van der Waals surface area contributed by atoms with Crippen LogP contribution in [0.25, 0.3) is 0 Å². The van der Waals surface area contributed by atoms with E-state index in [9.17, 15) is 39.9 Å². The quantitative estimate of drug-likeness (QED) is 0.312. The highest BCUT2D eigenvalue weighted by Gasteiger charge is 2.73. The zero-order valence-electron chi connectivity index (χ0n) is 16.6. The molecule has 0 radical (unpaired) electrons. The highest BCUT2D eigenvalue weighted by Crippen LogP contribution is 2.54. The molecule has 0 aromatic heterocycles. The van der Waals surface area contributed by atoms with Gasteiger partial charge >= 0.3 is 18.0 Å². The topological polar surface area (TPSA) is 64.9 Å². The fraction of sp³-hybridized carbons (Fsp3) is 0.300. The van der Waals surface area contributed by atoms with Gasteiger partial charge in [0.25, 0.3) is 5.91 Å². The number of aryl methyl sites for hydroxylation is 1. The van der Waals surface area contributed by atoms with Crippen molar-refractivity contribution in [2.75, 3.05) is 17.2 Å². The Hall–Kier alpha value is -2.88. The third-order valence-electron chi connectivity index (χ3n) is 4.50. The van der Waals surface area contributed by atoms with Crippen molar-refractivity contribution in [1.82, 2.24) is 0 Å². The molecule has 0 saturated carbocycles. The van der Waals surface area contributed by atoms with Gasteiger partial charge in [0.05, 0.1) is 29.4 Å². The van der Waals surface area contributed by atoms with Crippen LogP contribution >= 0.6 is 15.9 Å². The maximum Gasteiger partial charge on any atom is 0.435 e. The van der Waals surface area contributed by atoms with E-state index in [1.165, 1.54) is 12.1 Å². The first-order valence-electron chi connectivity index (χ1n) is 8.98. The van der Waals surface area contributed by atoms with Crippen LogP contribution in [0, 0.1) is 24.1 Å². The summed E-state index contributed by atoms with van der Waals surface area (Å²) in [5.74, 6) is -2.05.